The first-order valence-electron chi connectivity index (χ1n) is 20.4. The van der Waals surface area contributed by atoms with Crippen LogP contribution < -0.4 is 0 Å². The molecular weight excluding hydrogens is 705 g/mol. The summed E-state index contributed by atoms with van der Waals surface area (Å²) in [6, 6.07) is 36.9. The highest BCUT2D eigenvalue weighted by atomic mass is 15.0. The van der Waals surface area contributed by atoms with Crippen LogP contribution in [0.3, 0.4) is 0 Å². The third kappa shape index (κ3) is 8.19. The summed E-state index contributed by atoms with van der Waals surface area (Å²) >= 11 is 0. The molecule has 4 heteroatoms. The van der Waals surface area contributed by atoms with Crippen molar-refractivity contribution in [3.8, 4) is 56.2 Å². The average molecular weight is 753 g/mol. The van der Waals surface area contributed by atoms with E-state index >= 15 is 0 Å². The second-order valence-electron chi connectivity index (χ2n) is 14.7. The van der Waals surface area contributed by atoms with Gasteiger partial charge in [-0.05, 0) is 120 Å². The molecule has 2 aromatic heterocycles. The molecular formula is C54H48N4. The second-order valence-corrected chi connectivity index (χ2v) is 14.7. The fraction of sp³-hybridized carbons (Fsp3) is 0.148. The van der Waals surface area contributed by atoms with E-state index < -0.39 is 0 Å². The van der Waals surface area contributed by atoms with Gasteiger partial charge in [-0.1, -0.05) is 153 Å². The molecule has 0 fully saturated rings. The summed E-state index contributed by atoms with van der Waals surface area (Å²) in [7, 11) is 0. The molecule has 0 radical (unpaired) electrons. The van der Waals surface area contributed by atoms with E-state index in [1.807, 2.05) is 6.08 Å². The Morgan fingerprint density at radius 3 is 1.93 bits per heavy atom. The normalized spacial score (nSPS) is 14.1. The molecule has 0 amide bonds. The maximum Gasteiger partial charge on any atom is 0.164 e. The molecule has 0 saturated carbocycles. The highest BCUT2D eigenvalue weighted by molar-refractivity contribution is 5.97. The molecule has 0 unspecified atom stereocenters. The number of pyridine rings is 1. The lowest BCUT2D eigenvalue weighted by molar-refractivity contribution is 1.00. The minimum Gasteiger partial charge on any atom is -0.258 e. The van der Waals surface area contributed by atoms with Gasteiger partial charge in [-0.15, -0.1) is 0 Å². The number of aryl methyl sites for hydroxylation is 2. The van der Waals surface area contributed by atoms with Crippen molar-refractivity contribution in [1.82, 2.24) is 19.9 Å². The summed E-state index contributed by atoms with van der Waals surface area (Å²) in [5, 5.41) is 0. The van der Waals surface area contributed by atoms with Gasteiger partial charge in [0.05, 0.1) is 0 Å². The van der Waals surface area contributed by atoms with Crippen molar-refractivity contribution in [1.29, 1.82) is 0 Å². The Hall–Kier alpha value is -6.78. The van der Waals surface area contributed by atoms with E-state index in [9.17, 15) is 0 Å². The second kappa shape index (κ2) is 17.6. The number of aromatic nitrogens is 4. The maximum absolute atomic E-state index is 5.15. The van der Waals surface area contributed by atoms with Crippen LogP contribution in [0, 0.1) is 6.92 Å². The lowest BCUT2D eigenvalue weighted by Crippen LogP contribution is -2.03. The van der Waals surface area contributed by atoms with Crippen LogP contribution in [0.5, 0.6) is 0 Å². The Bertz CT molecular complexity index is 2670. The highest BCUT2D eigenvalue weighted by Gasteiger charge is 2.20. The molecule has 0 aliphatic heterocycles. The van der Waals surface area contributed by atoms with Crippen molar-refractivity contribution in [3.05, 3.63) is 199 Å². The van der Waals surface area contributed by atoms with Crippen LogP contribution in [0.15, 0.2) is 170 Å². The molecule has 0 bridgehead atoms. The molecule has 58 heavy (non-hydrogen) atoms. The molecule has 2 aliphatic carbocycles. The van der Waals surface area contributed by atoms with E-state index in [4.69, 9.17) is 19.9 Å². The van der Waals surface area contributed by atoms with Gasteiger partial charge in [0.1, 0.15) is 0 Å². The SMILES string of the molecule is C=C/C=C(\C=C/C)c1cc(C2=CCCC=C2)c(-c2ccc(-c3nc(C4=CCCC=C4)nc(-c4cccc(-c5ccc(CC)nc5C)c4)n3)cc2)c(-c2ccccc2)c1. The van der Waals surface area contributed by atoms with Crippen molar-refractivity contribution in [2.75, 3.05) is 0 Å². The third-order valence-electron chi connectivity index (χ3n) is 10.8. The monoisotopic (exact) mass is 752 g/mol. The Morgan fingerprint density at radius 2 is 1.26 bits per heavy atom. The number of hydrogen-bond acceptors (Lipinski definition) is 4. The van der Waals surface area contributed by atoms with Crippen LogP contribution in [0.25, 0.3) is 72.9 Å². The van der Waals surface area contributed by atoms with Crippen molar-refractivity contribution in [3.63, 3.8) is 0 Å². The van der Waals surface area contributed by atoms with Crippen LogP contribution in [0.2, 0.25) is 0 Å². The van der Waals surface area contributed by atoms with Gasteiger partial charge in [0.15, 0.2) is 17.5 Å². The van der Waals surface area contributed by atoms with Crippen LogP contribution in [-0.2, 0) is 6.42 Å². The van der Waals surface area contributed by atoms with Gasteiger partial charge in [0.25, 0.3) is 0 Å². The van der Waals surface area contributed by atoms with Crippen molar-refractivity contribution in [2.24, 2.45) is 0 Å². The number of benzene rings is 4. The average Bonchev–Trinajstić information content (AvgIpc) is 3.29. The maximum atomic E-state index is 5.15. The van der Waals surface area contributed by atoms with Crippen LogP contribution in [0.4, 0.5) is 0 Å². The Labute approximate surface area is 343 Å². The fourth-order valence-electron chi connectivity index (χ4n) is 7.83. The largest absolute Gasteiger partial charge is 0.258 e. The number of allylic oxidation sites excluding steroid dienone is 13. The highest BCUT2D eigenvalue weighted by Crippen LogP contribution is 2.42. The third-order valence-corrected chi connectivity index (χ3v) is 10.8. The molecule has 284 valence electrons. The van der Waals surface area contributed by atoms with Gasteiger partial charge in [0.2, 0.25) is 0 Å². The molecule has 6 aromatic rings. The Morgan fingerprint density at radius 1 is 0.603 bits per heavy atom. The first-order chi connectivity index (χ1) is 28.5. The zero-order chi connectivity index (χ0) is 39.8. The number of rotatable bonds is 11. The molecule has 0 atom stereocenters. The minimum absolute atomic E-state index is 0.643. The van der Waals surface area contributed by atoms with Gasteiger partial charge in [-0.25, -0.2) is 15.0 Å². The van der Waals surface area contributed by atoms with E-state index in [-0.39, 0.29) is 0 Å². The molecule has 0 saturated heterocycles. The molecule has 0 N–H and O–H groups in total. The first-order valence-corrected chi connectivity index (χ1v) is 20.4. The number of hydrogen-bond donors (Lipinski definition) is 0. The summed E-state index contributed by atoms with van der Waals surface area (Å²) < 4.78 is 0. The molecule has 2 heterocycles. The van der Waals surface area contributed by atoms with E-state index in [0.717, 1.165) is 88.0 Å². The van der Waals surface area contributed by atoms with E-state index in [1.165, 1.54) is 27.8 Å². The van der Waals surface area contributed by atoms with Gasteiger partial charge in [-0.3, -0.25) is 4.98 Å². The first kappa shape index (κ1) is 38.1. The van der Waals surface area contributed by atoms with Gasteiger partial charge in [-0.2, -0.15) is 0 Å². The van der Waals surface area contributed by atoms with Gasteiger partial charge >= 0.3 is 0 Å². The fourth-order valence-corrected chi connectivity index (χ4v) is 7.83. The number of nitrogens with zero attached hydrogens (tertiary/aromatic N) is 4. The Balaban J connectivity index is 1.26. The summed E-state index contributed by atoms with van der Waals surface area (Å²) in [6.07, 6.45) is 26.6. The summed E-state index contributed by atoms with van der Waals surface area (Å²) in [6.45, 7) is 10.3. The molecule has 4 aromatic carbocycles. The van der Waals surface area contributed by atoms with Crippen LogP contribution in [0.1, 0.15) is 67.9 Å². The van der Waals surface area contributed by atoms with Crippen LogP contribution in [-0.4, -0.2) is 19.9 Å². The van der Waals surface area contributed by atoms with E-state index in [1.54, 1.807) is 0 Å². The lowest BCUT2D eigenvalue weighted by Gasteiger charge is -2.21. The molecule has 2 aliphatic rings. The predicted octanol–water partition coefficient (Wildman–Crippen LogP) is 14.1. The van der Waals surface area contributed by atoms with Gasteiger partial charge < -0.3 is 0 Å². The van der Waals surface area contributed by atoms with Crippen molar-refractivity contribution in [2.45, 2.75) is 52.9 Å². The van der Waals surface area contributed by atoms with E-state index in [2.05, 4.69) is 185 Å². The smallest absolute Gasteiger partial charge is 0.164 e. The van der Waals surface area contributed by atoms with Gasteiger partial charge in [0, 0.05) is 33.7 Å². The zero-order valence-corrected chi connectivity index (χ0v) is 33.6. The summed E-state index contributed by atoms with van der Waals surface area (Å²) in [5.41, 5.74) is 16.6. The zero-order valence-electron chi connectivity index (χ0n) is 33.6. The van der Waals surface area contributed by atoms with E-state index in [0.29, 0.717) is 17.5 Å². The van der Waals surface area contributed by atoms with Crippen LogP contribution >= 0.6 is 0 Å². The Kier molecular flexibility index (Phi) is 11.5. The standard InChI is InChI=1S/C54H48N4/c1-5-18-38(19-6-2)46-35-49(39-20-11-8-12-21-39)51(50(36-46)40-22-13-9-14-23-40)41-28-30-43(31-29-41)53-56-52(42-24-15-10-16-25-42)57-54(58-53)45-27-17-26-44(34-45)48-33-32-47(7-3)55-37(48)4/h5-6,8,11-13,15,17-36H,1,7,9-10,14,16H2,2-4H3/b19-6-,38-18+. The van der Waals surface area contributed by atoms with Crippen molar-refractivity contribution >= 4 is 16.7 Å². The molecule has 0 spiro atoms. The lowest BCUT2D eigenvalue weighted by atomic mass is 9.83. The minimum atomic E-state index is 0.643. The molecule has 8 rings (SSSR count). The predicted molar refractivity (Wildman–Crippen MR) is 245 cm³/mol. The van der Waals surface area contributed by atoms with Crippen molar-refractivity contribution < 1.29 is 0 Å². The summed E-state index contributed by atoms with van der Waals surface area (Å²) in [5.74, 6) is 1.97. The topological polar surface area (TPSA) is 51.6 Å². The summed E-state index contributed by atoms with van der Waals surface area (Å²) in [4.78, 5) is 20.2. The quantitative estimate of drug-likeness (QED) is 0.124. The molecule has 4 nitrogen and oxygen atoms in total.